The highest BCUT2D eigenvalue weighted by Crippen LogP contribution is 2.23. The Bertz CT molecular complexity index is 1320. The van der Waals surface area contributed by atoms with E-state index in [1.54, 1.807) is 18.6 Å². The van der Waals surface area contributed by atoms with Gasteiger partial charge in [0.25, 0.3) is 0 Å². The van der Waals surface area contributed by atoms with Crippen molar-refractivity contribution in [3.8, 4) is 5.75 Å². The number of pyridine rings is 2. The summed E-state index contributed by atoms with van der Waals surface area (Å²) in [6, 6.07) is 9.63. The van der Waals surface area contributed by atoms with E-state index >= 15 is 0 Å². The molecule has 1 aromatic carbocycles. The quantitative estimate of drug-likeness (QED) is 0.301. The highest BCUT2D eigenvalue weighted by Gasteiger charge is 2.11. The zero-order valence-corrected chi connectivity index (χ0v) is 19.2. The van der Waals surface area contributed by atoms with Crippen LogP contribution >= 0.6 is 11.6 Å². The normalized spacial score (nSPS) is 10.6. The van der Waals surface area contributed by atoms with Crippen LogP contribution in [0.5, 0.6) is 5.75 Å². The predicted octanol–water partition coefficient (Wildman–Crippen LogP) is 4.14. The summed E-state index contributed by atoms with van der Waals surface area (Å²) in [4.78, 5) is 28.4. The number of aromatic nitrogens is 4. The zero-order valence-electron chi connectivity index (χ0n) is 18.4. The van der Waals surface area contributed by atoms with Gasteiger partial charge in [0, 0.05) is 37.0 Å². The van der Waals surface area contributed by atoms with Gasteiger partial charge in [0.2, 0.25) is 11.9 Å². The van der Waals surface area contributed by atoms with Crippen LogP contribution < -0.4 is 21.1 Å². The lowest BCUT2D eigenvalue weighted by Crippen LogP contribution is -2.13. The molecule has 0 spiro atoms. The second kappa shape index (κ2) is 11.2. The van der Waals surface area contributed by atoms with E-state index in [2.05, 4.69) is 30.6 Å². The molecule has 9 nitrogen and oxygen atoms in total. The lowest BCUT2D eigenvalue weighted by molar-refractivity contribution is 0.0999. The molecule has 0 unspecified atom stereocenters. The Hall–Kier alpha value is -4.31. The van der Waals surface area contributed by atoms with Crippen molar-refractivity contribution in [2.24, 2.45) is 5.73 Å². The number of anilines is 3. The van der Waals surface area contributed by atoms with Crippen molar-refractivity contribution in [1.29, 1.82) is 0 Å². The molecule has 0 bridgehead atoms. The van der Waals surface area contributed by atoms with Gasteiger partial charge in [0.15, 0.2) is 0 Å². The largest absolute Gasteiger partial charge is 0.487 e. The first-order valence-corrected chi connectivity index (χ1v) is 10.9. The number of nitrogens with two attached hydrogens (primary N) is 1. The third-order valence-electron chi connectivity index (χ3n) is 4.86. The number of amides is 1. The van der Waals surface area contributed by atoms with Gasteiger partial charge in [-0.3, -0.25) is 14.8 Å². The number of ether oxygens (including phenoxy) is 1. The third-order valence-corrected chi connectivity index (χ3v) is 5.15. The molecule has 0 saturated carbocycles. The zero-order chi connectivity index (χ0) is 24.6. The van der Waals surface area contributed by atoms with E-state index in [1.165, 1.54) is 36.7 Å². The lowest BCUT2D eigenvalue weighted by atomic mass is 10.2. The summed E-state index contributed by atoms with van der Waals surface area (Å²) in [6.07, 6.45) is 8.70. The van der Waals surface area contributed by atoms with Crippen LogP contribution in [0.4, 0.5) is 21.8 Å². The van der Waals surface area contributed by atoms with Crippen molar-refractivity contribution in [2.75, 3.05) is 17.2 Å². The van der Waals surface area contributed by atoms with Crippen LogP contribution in [0.1, 0.15) is 21.5 Å². The second-order valence-corrected chi connectivity index (χ2v) is 7.83. The molecule has 0 atom stereocenters. The van der Waals surface area contributed by atoms with Crippen molar-refractivity contribution in [2.45, 2.75) is 13.0 Å². The summed E-state index contributed by atoms with van der Waals surface area (Å²) in [7, 11) is 0. The van der Waals surface area contributed by atoms with E-state index in [4.69, 9.17) is 22.1 Å². The van der Waals surface area contributed by atoms with Gasteiger partial charge in [-0.15, -0.1) is 0 Å². The first-order valence-electron chi connectivity index (χ1n) is 10.6. The molecule has 4 N–H and O–H groups in total. The van der Waals surface area contributed by atoms with Gasteiger partial charge in [0.05, 0.1) is 22.3 Å². The fourth-order valence-electron chi connectivity index (χ4n) is 3.09. The van der Waals surface area contributed by atoms with Gasteiger partial charge in [-0.05, 0) is 42.3 Å². The molecule has 4 rings (SSSR count). The van der Waals surface area contributed by atoms with Crippen molar-refractivity contribution < 1.29 is 13.9 Å². The van der Waals surface area contributed by atoms with Crippen LogP contribution in [0.3, 0.4) is 0 Å². The van der Waals surface area contributed by atoms with E-state index in [-0.39, 0.29) is 23.1 Å². The van der Waals surface area contributed by atoms with Crippen LogP contribution in [0, 0.1) is 5.82 Å². The molecule has 0 aliphatic heterocycles. The summed E-state index contributed by atoms with van der Waals surface area (Å²) >= 11 is 5.87. The van der Waals surface area contributed by atoms with Crippen molar-refractivity contribution in [1.82, 2.24) is 19.9 Å². The number of primary amides is 1. The topological polar surface area (TPSA) is 128 Å². The average Bonchev–Trinajstić information content (AvgIpc) is 2.86. The first kappa shape index (κ1) is 23.8. The molecule has 0 radical (unpaired) electrons. The number of hydrogen-bond acceptors (Lipinski definition) is 8. The number of carbonyl (C=O) groups is 1. The van der Waals surface area contributed by atoms with Gasteiger partial charge in [0.1, 0.15) is 24.0 Å². The minimum absolute atomic E-state index is 0.0124. The van der Waals surface area contributed by atoms with E-state index < -0.39 is 11.7 Å². The second-order valence-electron chi connectivity index (χ2n) is 7.42. The van der Waals surface area contributed by atoms with Crippen LogP contribution in [0.2, 0.25) is 5.02 Å². The molecule has 178 valence electrons. The number of benzene rings is 1. The van der Waals surface area contributed by atoms with Crippen molar-refractivity contribution in [3.63, 3.8) is 0 Å². The number of rotatable bonds is 10. The molecule has 3 aromatic heterocycles. The maximum absolute atomic E-state index is 13.5. The molecular formula is C24H21ClFN7O2. The summed E-state index contributed by atoms with van der Waals surface area (Å²) in [5.74, 6) is 0.0979. The predicted molar refractivity (Wildman–Crippen MR) is 130 cm³/mol. The summed E-state index contributed by atoms with van der Waals surface area (Å²) in [5.41, 5.74) is 7.83. The molecule has 11 heteroatoms. The number of carbonyl (C=O) groups excluding carboxylic acids is 1. The molecule has 1 amide bonds. The van der Waals surface area contributed by atoms with Crippen molar-refractivity contribution in [3.05, 3.63) is 94.9 Å². The van der Waals surface area contributed by atoms with Crippen LogP contribution in [0.15, 0.2) is 67.4 Å². The van der Waals surface area contributed by atoms with E-state index in [0.29, 0.717) is 29.4 Å². The van der Waals surface area contributed by atoms with E-state index in [9.17, 15) is 9.18 Å². The summed E-state index contributed by atoms with van der Waals surface area (Å²) in [5, 5.41) is 6.30. The molecule has 4 aromatic rings. The minimum Gasteiger partial charge on any atom is -0.487 e. The van der Waals surface area contributed by atoms with Crippen LogP contribution in [-0.4, -0.2) is 32.4 Å². The summed E-state index contributed by atoms with van der Waals surface area (Å²) in [6.45, 7) is 0.692. The Kier molecular flexibility index (Phi) is 7.63. The number of nitrogens with zero attached hydrogens (tertiary/aromatic N) is 4. The Morgan fingerprint density at radius 2 is 2.00 bits per heavy atom. The van der Waals surface area contributed by atoms with E-state index in [0.717, 1.165) is 12.0 Å². The van der Waals surface area contributed by atoms with Gasteiger partial charge in [-0.25, -0.2) is 9.37 Å². The number of halogens is 2. The average molecular weight is 494 g/mol. The highest BCUT2D eigenvalue weighted by molar-refractivity contribution is 6.31. The Morgan fingerprint density at radius 3 is 2.77 bits per heavy atom. The Morgan fingerprint density at radius 1 is 1.11 bits per heavy atom. The minimum atomic E-state index is -0.597. The number of nitrogens with one attached hydrogen (secondary N) is 2. The molecule has 0 aliphatic rings. The maximum Gasteiger partial charge on any atom is 0.250 e. The molecule has 3 heterocycles. The molecular weight excluding hydrogens is 473 g/mol. The smallest absolute Gasteiger partial charge is 0.250 e. The fourth-order valence-corrected chi connectivity index (χ4v) is 3.27. The lowest BCUT2D eigenvalue weighted by Gasteiger charge is -2.14. The third kappa shape index (κ3) is 6.61. The Balaban J connectivity index is 1.51. The van der Waals surface area contributed by atoms with Gasteiger partial charge in [-0.2, -0.15) is 4.98 Å². The Labute approximate surface area is 205 Å². The molecule has 35 heavy (non-hydrogen) atoms. The molecule has 0 aliphatic carbocycles. The monoisotopic (exact) mass is 493 g/mol. The SMILES string of the molecule is NC(=O)c1cncc(OCc2cnc(Nc3ccc(F)c(Cl)c3)nc2NCCc2cccnc2)c1. The first-order chi connectivity index (χ1) is 17.0. The maximum atomic E-state index is 13.5. The van der Waals surface area contributed by atoms with Gasteiger partial charge in [-0.1, -0.05) is 17.7 Å². The van der Waals surface area contributed by atoms with Gasteiger partial charge >= 0.3 is 0 Å². The van der Waals surface area contributed by atoms with Gasteiger partial charge < -0.3 is 21.1 Å². The summed E-state index contributed by atoms with van der Waals surface area (Å²) < 4.78 is 19.3. The molecule has 0 saturated heterocycles. The molecule has 0 fully saturated rings. The number of hydrogen-bond donors (Lipinski definition) is 3. The highest BCUT2D eigenvalue weighted by atomic mass is 35.5. The van der Waals surface area contributed by atoms with Crippen LogP contribution in [-0.2, 0) is 13.0 Å². The van der Waals surface area contributed by atoms with Crippen LogP contribution in [0.25, 0.3) is 0 Å². The van der Waals surface area contributed by atoms with Crippen molar-refractivity contribution >= 4 is 35.0 Å². The van der Waals surface area contributed by atoms with E-state index in [1.807, 2.05) is 12.1 Å². The standard InChI is InChI=1S/C24H21ClFN7O2/c25-20-9-18(3-4-21(20)26)32-24-31-12-17(14-35-19-8-16(22(27)34)11-29-13-19)23(33-24)30-7-5-15-2-1-6-28-10-15/h1-4,6,8-13H,5,7,14H2,(H2,27,34)(H2,30,31,32,33). The fraction of sp³-hybridized carbons (Fsp3) is 0.125.